The summed E-state index contributed by atoms with van der Waals surface area (Å²) in [5, 5.41) is 0. The summed E-state index contributed by atoms with van der Waals surface area (Å²) in [6, 6.07) is 24.3. The predicted molar refractivity (Wildman–Crippen MR) is 155 cm³/mol. The maximum atomic E-state index is 13.5. The van der Waals surface area contributed by atoms with E-state index < -0.39 is 10.9 Å². The lowest BCUT2D eigenvalue weighted by Gasteiger charge is -2.31. The smallest absolute Gasteiger partial charge is 0.149 e. The van der Waals surface area contributed by atoms with Gasteiger partial charge in [-0.3, -0.25) is 0 Å². The number of hydrogen-bond donors (Lipinski definition) is 2. The molecular weight excluding hydrogens is 510 g/mol. The van der Waals surface area contributed by atoms with Crippen LogP contribution in [0.3, 0.4) is 0 Å². The zero-order valence-electron chi connectivity index (χ0n) is 22.3. The van der Waals surface area contributed by atoms with Crippen molar-refractivity contribution >= 4 is 14.6 Å². The summed E-state index contributed by atoms with van der Waals surface area (Å²) in [4.78, 5) is 0. The molecule has 40 heavy (non-hydrogen) atoms. The van der Waals surface area contributed by atoms with Crippen molar-refractivity contribution in [2.45, 2.75) is 49.2 Å². The molecule has 2 radical (unpaired) electrons. The first-order valence-electron chi connectivity index (χ1n) is 13.5. The largest absolute Gasteiger partial charge is 0.325 e. The molecule has 8 heteroatoms. The van der Waals surface area contributed by atoms with Gasteiger partial charge in [0, 0.05) is 10.9 Å². The molecule has 4 N–H and O–H groups in total. The number of benzene rings is 4. The minimum absolute atomic E-state index is 0.345. The molecule has 0 saturated carbocycles. The molecule has 2 nitrogen and oxygen atoms in total. The molecule has 0 fully saturated rings. The summed E-state index contributed by atoms with van der Waals surface area (Å²) in [7, 11) is 4.02. The van der Waals surface area contributed by atoms with Gasteiger partial charge in [0.25, 0.3) is 0 Å². The molecule has 0 atom stereocenters. The van der Waals surface area contributed by atoms with Crippen molar-refractivity contribution in [1.82, 2.24) is 0 Å². The Hall–Kier alpha value is -3.35. The van der Waals surface area contributed by atoms with E-state index in [0.717, 1.165) is 60.6 Å². The van der Waals surface area contributed by atoms with Crippen molar-refractivity contribution < 1.29 is 17.6 Å². The molecule has 0 aliphatic rings. The van der Waals surface area contributed by atoms with Crippen molar-refractivity contribution in [3.05, 3.63) is 143 Å². The minimum Gasteiger partial charge on any atom is -0.325 e. The van der Waals surface area contributed by atoms with Gasteiger partial charge in [0.2, 0.25) is 0 Å². The Morgan fingerprint density at radius 2 is 0.625 bits per heavy atom. The summed E-state index contributed by atoms with van der Waals surface area (Å²) in [6.07, 6.45) is 5.15. The number of hydrogen-bond acceptors (Lipinski definition) is 2. The van der Waals surface area contributed by atoms with Gasteiger partial charge in [0.05, 0.1) is 0 Å². The molecular formula is C32H32B2F4N2. The molecule has 4 aromatic rings. The first-order valence-corrected chi connectivity index (χ1v) is 13.5. The fourth-order valence-electron chi connectivity index (χ4n) is 5.01. The first-order chi connectivity index (χ1) is 19.2. The summed E-state index contributed by atoms with van der Waals surface area (Å²) in [6.45, 7) is 0. The third-order valence-corrected chi connectivity index (χ3v) is 7.38. The van der Waals surface area contributed by atoms with Gasteiger partial charge in [-0.25, -0.2) is 17.6 Å². The van der Waals surface area contributed by atoms with E-state index in [1.54, 1.807) is 48.5 Å². The van der Waals surface area contributed by atoms with Crippen LogP contribution >= 0.6 is 0 Å². The molecule has 0 heterocycles. The molecule has 0 aromatic heterocycles. The topological polar surface area (TPSA) is 52.0 Å². The highest BCUT2D eigenvalue weighted by Crippen LogP contribution is 2.30. The third kappa shape index (κ3) is 7.23. The van der Waals surface area contributed by atoms with Crippen LogP contribution in [0.25, 0.3) is 0 Å². The molecule has 0 saturated heterocycles. The van der Waals surface area contributed by atoms with E-state index >= 15 is 0 Å². The van der Waals surface area contributed by atoms with Gasteiger partial charge in [0.1, 0.15) is 37.8 Å². The average Bonchev–Trinajstić information content (AvgIpc) is 2.95. The summed E-state index contributed by atoms with van der Waals surface area (Å²) in [5.41, 5.74) is 14.6. The quantitative estimate of drug-likeness (QED) is 0.108. The lowest BCUT2D eigenvalue weighted by Crippen LogP contribution is -2.44. The number of unbranched alkanes of at least 4 members (excludes halogenated alkanes) is 3. The Morgan fingerprint density at radius 1 is 0.400 bits per heavy atom. The van der Waals surface area contributed by atoms with E-state index in [-0.39, 0.29) is 23.3 Å². The van der Waals surface area contributed by atoms with Gasteiger partial charge in [-0.1, -0.05) is 86.9 Å². The van der Waals surface area contributed by atoms with Crippen LogP contribution in [0.15, 0.2) is 97.1 Å². The second kappa shape index (κ2) is 13.3. The van der Waals surface area contributed by atoms with Crippen molar-refractivity contribution in [3.63, 3.8) is 0 Å². The normalized spacial score (nSPS) is 11.8. The Morgan fingerprint density at radius 3 is 0.850 bits per heavy atom. The number of rotatable bonds is 13. The highest BCUT2D eigenvalue weighted by Gasteiger charge is 2.31. The molecule has 0 aliphatic carbocycles. The van der Waals surface area contributed by atoms with E-state index in [1.807, 2.05) is 14.6 Å². The van der Waals surface area contributed by atoms with Gasteiger partial charge in [-0.15, -0.1) is 0 Å². The van der Waals surface area contributed by atoms with Crippen LogP contribution < -0.4 is 11.5 Å². The van der Waals surface area contributed by atoms with Crippen molar-refractivity contribution in [1.29, 1.82) is 0 Å². The van der Waals surface area contributed by atoms with Crippen LogP contribution in [0.4, 0.5) is 17.6 Å². The highest BCUT2D eigenvalue weighted by molar-refractivity contribution is 6.41. The Kier molecular flexibility index (Phi) is 9.88. The van der Waals surface area contributed by atoms with Crippen molar-refractivity contribution in [2.24, 2.45) is 11.5 Å². The van der Waals surface area contributed by atoms with Crippen LogP contribution in [0.2, 0.25) is 12.6 Å². The zero-order chi connectivity index (χ0) is 28.6. The van der Waals surface area contributed by atoms with Gasteiger partial charge < -0.3 is 11.5 Å². The van der Waals surface area contributed by atoms with E-state index in [9.17, 15) is 17.6 Å². The Bertz CT molecular complexity index is 1150. The molecule has 0 amide bonds. The van der Waals surface area contributed by atoms with Crippen LogP contribution in [0.1, 0.15) is 47.9 Å². The van der Waals surface area contributed by atoms with Crippen LogP contribution in [-0.4, -0.2) is 14.6 Å². The monoisotopic (exact) mass is 542 g/mol. The molecule has 0 spiro atoms. The number of halogens is 4. The maximum absolute atomic E-state index is 13.5. The van der Waals surface area contributed by atoms with Gasteiger partial charge >= 0.3 is 0 Å². The Labute approximate surface area is 235 Å². The lowest BCUT2D eigenvalue weighted by atomic mass is 9.50. The SMILES string of the molecule is NC([B]CCCCCC[B]C(N)(c1ccc(F)cc1)c1ccc(F)cc1)(c1ccc(F)cc1)c1ccc(F)cc1. The average molecular weight is 542 g/mol. The fraction of sp³-hybridized carbons (Fsp3) is 0.250. The standard InChI is InChI=1S/C32H32B2F4N2/c35-27-13-5-23(6-14-27)31(39,24-7-15-28(36)16-8-24)33-21-3-1-2-4-22-34-32(40,25-9-17-29(37)18-10-25)26-11-19-30(38)20-12-26/h5-20H,1-4,21-22,39-40H2. The maximum Gasteiger partial charge on any atom is 0.149 e. The first kappa shape index (κ1) is 29.6. The van der Waals surface area contributed by atoms with E-state index in [2.05, 4.69) is 0 Å². The molecule has 204 valence electrons. The van der Waals surface area contributed by atoms with Crippen LogP contribution in [-0.2, 0) is 10.9 Å². The predicted octanol–water partition coefficient (Wildman–Crippen LogP) is 7.07. The van der Waals surface area contributed by atoms with E-state index in [0.29, 0.717) is 0 Å². The fourth-order valence-corrected chi connectivity index (χ4v) is 5.01. The zero-order valence-corrected chi connectivity index (χ0v) is 22.3. The summed E-state index contributed by atoms with van der Waals surface area (Å²) >= 11 is 0. The molecule has 0 unspecified atom stereocenters. The third-order valence-electron chi connectivity index (χ3n) is 7.38. The molecule has 4 rings (SSSR count). The van der Waals surface area contributed by atoms with Gasteiger partial charge in [0.15, 0.2) is 0 Å². The molecule has 4 aromatic carbocycles. The minimum atomic E-state index is -0.974. The molecule has 0 aliphatic heterocycles. The highest BCUT2D eigenvalue weighted by atomic mass is 19.1. The lowest BCUT2D eigenvalue weighted by molar-refractivity contribution is 0.620. The number of nitrogens with two attached hydrogens (primary N) is 2. The van der Waals surface area contributed by atoms with Gasteiger partial charge in [-0.2, -0.15) is 0 Å². The van der Waals surface area contributed by atoms with Crippen LogP contribution in [0.5, 0.6) is 0 Å². The van der Waals surface area contributed by atoms with Crippen molar-refractivity contribution in [3.8, 4) is 0 Å². The second-order valence-corrected chi connectivity index (χ2v) is 10.2. The summed E-state index contributed by atoms with van der Waals surface area (Å²) < 4.78 is 54.2. The second-order valence-electron chi connectivity index (χ2n) is 10.2. The van der Waals surface area contributed by atoms with E-state index in [4.69, 9.17) is 11.5 Å². The van der Waals surface area contributed by atoms with E-state index in [1.165, 1.54) is 48.5 Å². The van der Waals surface area contributed by atoms with Crippen molar-refractivity contribution in [2.75, 3.05) is 0 Å². The molecule has 0 bridgehead atoms. The summed E-state index contributed by atoms with van der Waals surface area (Å²) in [5.74, 6) is -1.38. The van der Waals surface area contributed by atoms with Gasteiger partial charge in [-0.05, 0) is 70.8 Å². The Balaban J connectivity index is 1.31. The van der Waals surface area contributed by atoms with Crippen LogP contribution in [0, 0.1) is 23.3 Å².